The summed E-state index contributed by atoms with van der Waals surface area (Å²) in [5.74, 6) is -0.0675. The summed E-state index contributed by atoms with van der Waals surface area (Å²) in [7, 11) is 0. The smallest absolute Gasteiger partial charge is 0.343 e. The van der Waals surface area contributed by atoms with Crippen LogP contribution in [0.25, 0.3) is 0 Å². The maximum Gasteiger partial charge on any atom is 0.343 e. The Morgan fingerprint density at radius 1 is 0.500 bits per heavy atom. The number of benzene rings is 3. The molecule has 0 aliphatic carbocycles. The van der Waals surface area contributed by atoms with Gasteiger partial charge < -0.3 is 9.47 Å². The van der Waals surface area contributed by atoms with E-state index in [9.17, 15) is 9.59 Å². The van der Waals surface area contributed by atoms with Gasteiger partial charge in [-0.25, -0.2) is 9.59 Å². The molecule has 3 rings (SSSR count). The molecule has 166 valence electrons. The third kappa shape index (κ3) is 5.85. The Labute approximate surface area is 190 Å². The predicted octanol–water partition coefficient (Wildman–Crippen LogP) is 6.72. The van der Waals surface area contributed by atoms with E-state index in [-0.39, 0.29) is 10.8 Å². The largest absolute Gasteiger partial charge is 0.423 e. The van der Waals surface area contributed by atoms with Crippen LogP contribution in [0.4, 0.5) is 0 Å². The zero-order valence-corrected chi connectivity index (χ0v) is 19.6. The second-order valence-corrected chi connectivity index (χ2v) is 9.91. The van der Waals surface area contributed by atoms with Crippen molar-refractivity contribution < 1.29 is 19.1 Å². The molecule has 3 aromatic rings. The highest BCUT2D eigenvalue weighted by atomic mass is 16.5. The van der Waals surface area contributed by atoms with Crippen LogP contribution in [-0.4, -0.2) is 11.9 Å². The van der Waals surface area contributed by atoms with E-state index in [0.29, 0.717) is 22.6 Å². The van der Waals surface area contributed by atoms with E-state index < -0.39 is 11.9 Å². The van der Waals surface area contributed by atoms with Crippen LogP contribution in [-0.2, 0) is 10.8 Å². The fourth-order valence-corrected chi connectivity index (χ4v) is 3.12. The minimum atomic E-state index is -0.468. The molecule has 4 nitrogen and oxygen atoms in total. The fraction of sp³-hybridized carbons (Fsp3) is 0.286. The third-order valence-electron chi connectivity index (χ3n) is 5.22. The van der Waals surface area contributed by atoms with Crippen LogP contribution in [0.2, 0.25) is 0 Å². The van der Waals surface area contributed by atoms with E-state index in [2.05, 4.69) is 41.5 Å². The van der Waals surface area contributed by atoms with Crippen molar-refractivity contribution >= 4 is 11.9 Å². The molecule has 4 heteroatoms. The Bertz CT molecular complexity index is 1080. The summed E-state index contributed by atoms with van der Waals surface area (Å²) >= 11 is 0. The standard InChI is InChI=1S/C28H30O4/c1-27(2,3)21-11-7-19(8-12-21)25(29)31-23-15-9-20(10-16-23)26(30)32-24-17-13-22(14-18-24)28(4,5)6/h7-18H,1-6H3. The average molecular weight is 431 g/mol. The van der Waals surface area contributed by atoms with Gasteiger partial charge in [-0.1, -0.05) is 65.8 Å². The molecule has 0 saturated heterocycles. The van der Waals surface area contributed by atoms with Crippen LogP contribution in [0.5, 0.6) is 11.5 Å². The second kappa shape index (κ2) is 8.99. The molecule has 0 N–H and O–H groups in total. The van der Waals surface area contributed by atoms with Crippen molar-refractivity contribution in [2.24, 2.45) is 0 Å². The van der Waals surface area contributed by atoms with Crippen molar-refractivity contribution in [3.63, 3.8) is 0 Å². The number of carbonyl (C=O) groups excluding carboxylic acids is 2. The monoisotopic (exact) mass is 430 g/mol. The van der Waals surface area contributed by atoms with Crippen molar-refractivity contribution in [2.45, 2.75) is 52.4 Å². The van der Waals surface area contributed by atoms with E-state index in [0.717, 1.165) is 11.1 Å². The van der Waals surface area contributed by atoms with Gasteiger partial charge >= 0.3 is 11.9 Å². The topological polar surface area (TPSA) is 52.6 Å². The highest BCUT2D eigenvalue weighted by Gasteiger charge is 2.16. The number of carbonyl (C=O) groups is 2. The van der Waals surface area contributed by atoms with E-state index >= 15 is 0 Å². The van der Waals surface area contributed by atoms with E-state index in [1.807, 2.05) is 24.3 Å². The van der Waals surface area contributed by atoms with Crippen LogP contribution in [0, 0.1) is 0 Å². The molecule has 0 atom stereocenters. The molecule has 0 aliphatic heterocycles. The molecule has 0 fully saturated rings. The molecule has 0 radical (unpaired) electrons. The van der Waals surface area contributed by atoms with Gasteiger partial charge in [0.2, 0.25) is 0 Å². The summed E-state index contributed by atoms with van der Waals surface area (Å²) in [6, 6.07) is 21.2. The minimum absolute atomic E-state index is 0.0154. The van der Waals surface area contributed by atoms with Gasteiger partial charge in [0.05, 0.1) is 11.1 Å². The molecule has 0 unspecified atom stereocenters. The lowest BCUT2D eigenvalue weighted by Crippen LogP contribution is -2.13. The normalized spacial score (nSPS) is 11.7. The van der Waals surface area contributed by atoms with Crippen molar-refractivity contribution in [3.8, 4) is 11.5 Å². The molecule has 0 heterocycles. The number of ether oxygens (including phenoxy) is 2. The zero-order chi connectivity index (χ0) is 23.5. The number of hydrogen-bond donors (Lipinski definition) is 0. The maximum absolute atomic E-state index is 12.4. The Morgan fingerprint density at radius 3 is 1.12 bits per heavy atom. The molecule has 0 saturated carbocycles. The molecule has 0 aromatic heterocycles. The minimum Gasteiger partial charge on any atom is -0.423 e. The first-order chi connectivity index (χ1) is 14.9. The zero-order valence-electron chi connectivity index (χ0n) is 19.6. The summed E-state index contributed by atoms with van der Waals surface area (Å²) in [6.45, 7) is 12.7. The number of hydrogen-bond acceptors (Lipinski definition) is 4. The van der Waals surface area contributed by atoms with Crippen LogP contribution >= 0.6 is 0 Å². The molecule has 3 aromatic carbocycles. The SMILES string of the molecule is CC(C)(C)c1ccc(OC(=O)c2ccc(OC(=O)c3ccc(C(C)(C)C)cc3)cc2)cc1. The molecular weight excluding hydrogens is 400 g/mol. The number of esters is 2. The highest BCUT2D eigenvalue weighted by molar-refractivity contribution is 5.92. The first kappa shape index (κ1) is 23.3. The van der Waals surface area contributed by atoms with Gasteiger partial charge in [-0.15, -0.1) is 0 Å². The summed E-state index contributed by atoms with van der Waals surface area (Å²) in [5, 5.41) is 0. The van der Waals surface area contributed by atoms with Crippen LogP contribution in [0.1, 0.15) is 73.4 Å². The first-order valence-electron chi connectivity index (χ1n) is 10.7. The van der Waals surface area contributed by atoms with E-state index in [4.69, 9.17) is 9.47 Å². The number of rotatable bonds is 4. The maximum atomic E-state index is 12.4. The summed E-state index contributed by atoms with van der Waals surface area (Å²) in [4.78, 5) is 24.9. The Morgan fingerprint density at radius 2 is 0.781 bits per heavy atom. The van der Waals surface area contributed by atoms with Gasteiger partial charge in [0.15, 0.2) is 0 Å². The summed E-state index contributed by atoms with van der Waals surface area (Å²) < 4.78 is 10.9. The Kier molecular flexibility index (Phi) is 6.54. The quantitative estimate of drug-likeness (QED) is 0.340. The molecular formula is C28H30O4. The molecule has 0 spiro atoms. The predicted molar refractivity (Wildman–Crippen MR) is 127 cm³/mol. The third-order valence-corrected chi connectivity index (χ3v) is 5.22. The highest BCUT2D eigenvalue weighted by Crippen LogP contribution is 2.25. The van der Waals surface area contributed by atoms with E-state index in [1.165, 1.54) is 0 Å². The van der Waals surface area contributed by atoms with Crippen LogP contribution in [0.3, 0.4) is 0 Å². The van der Waals surface area contributed by atoms with Crippen molar-refractivity contribution in [1.29, 1.82) is 0 Å². The second-order valence-electron chi connectivity index (χ2n) is 9.91. The van der Waals surface area contributed by atoms with Crippen molar-refractivity contribution in [1.82, 2.24) is 0 Å². The Balaban J connectivity index is 1.62. The van der Waals surface area contributed by atoms with Gasteiger partial charge in [-0.05, 0) is 70.5 Å². The first-order valence-corrected chi connectivity index (χ1v) is 10.7. The lowest BCUT2D eigenvalue weighted by molar-refractivity contribution is 0.0730. The van der Waals surface area contributed by atoms with Gasteiger partial charge in [0.1, 0.15) is 11.5 Å². The van der Waals surface area contributed by atoms with Crippen LogP contribution in [0.15, 0.2) is 72.8 Å². The lowest BCUT2D eigenvalue weighted by atomic mass is 9.87. The van der Waals surface area contributed by atoms with Crippen molar-refractivity contribution in [3.05, 3.63) is 95.1 Å². The molecule has 0 aliphatic rings. The van der Waals surface area contributed by atoms with Gasteiger partial charge in [-0.2, -0.15) is 0 Å². The lowest BCUT2D eigenvalue weighted by Gasteiger charge is -2.19. The summed E-state index contributed by atoms with van der Waals surface area (Å²) in [5.41, 5.74) is 3.20. The fourth-order valence-electron chi connectivity index (χ4n) is 3.12. The summed E-state index contributed by atoms with van der Waals surface area (Å²) in [6.07, 6.45) is 0. The average Bonchev–Trinajstić information content (AvgIpc) is 2.73. The molecule has 0 amide bonds. The van der Waals surface area contributed by atoms with E-state index in [1.54, 1.807) is 48.5 Å². The molecule has 32 heavy (non-hydrogen) atoms. The Hall–Kier alpha value is -3.40. The van der Waals surface area contributed by atoms with Crippen LogP contribution < -0.4 is 9.47 Å². The van der Waals surface area contributed by atoms with Crippen molar-refractivity contribution in [2.75, 3.05) is 0 Å². The van der Waals surface area contributed by atoms with Gasteiger partial charge in [0, 0.05) is 0 Å². The van der Waals surface area contributed by atoms with Gasteiger partial charge in [-0.3, -0.25) is 0 Å². The van der Waals surface area contributed by atoms with Gasteiger partial charge in [0.25, 0.3) is 0 Å². The molecule has 0 bridgehead atoms.